The average Bonchev–Trinajstić information content (AvgIpc) is 2.33. The van der Waals surface area contributed by atoms with Gasteiger partial charge in [0.25, 0.3) is 0 Å². The molecular weight excluding hydrogens is 258 g/mol. The molecule has 1 aromatic rings. The Morgan fingerprint density at radius 3 is 2.61 bits per heavy atom. The SMILES string of the molecule is COC(=O)CC(O)C(O)c1cc(C)c(N)c(Cl)c1. The Hall–Kier alpha value is -1.30. The topological polar surface area (TPSA) is 92.8 Å². The Balaban J connectivity index is 2.90. The van der Waals surface area contributed by atoms with Gasteiger partial charge in [-0.25, -0.2) is 0 Å². The molecule has 0 fully saturated rings. The number of halogens is 1. The monoisotopic (exact) mass is 273 g/mol. The third-order valence-corrected chi connectivity index (χ3v) is 2.98. The van der Waals surface area contributed by atoms with Crippen LogP contribution in [0.1, 0.15) is 23.7 Å². The van der Waals surface area contributed by atoms with Gasteiger partial charge in [0, 0.05) is 0 Å². The number of ether oxygens (including phenoxy) is 1. The van der Waals surface area contributed by atoms with Gasteiger partial charge in [-0.3, -0.25) is 4.79 Å². The molecule has 0 spiro atoms. The van der Waals surface area contributed by atoms with E-state index < -0.39 is 18.2 Å². The first-order valence-corrected chi connectivity index (χ1v) is 5.73. The lowest BCUT2D eigenvalue weighted by atomic mass is 9.99. The Morgan fingerprint density at radius 2 is 2.11 bits per heavy atom. The molecule has 2 unspecified atom stereocenters. The van der Waals surface area contributed by atoms with Crippen LogP contribution < -0.4 is 5.73 Å². The van der Waals surface area contributed by atoms with Crippen LogP contribution in [-0.2, 0) is 9.53 Å². The van der Waals surface area contributed by atoms with Crippen LogP contribution in [-0.4, -0.2) is 29.4 Å². The van der Waals surface area contributed by atoms with E-state index in [4.69, 9.17) is 17.3 Å². The van der Waals surface area contributed by atoms with Crippen LogP contribution in [0.4, 0.5) is 5.69 Å². The molecule has 0 heterocycles. The fourth-order valence-electron chi connectivity index (χ4n) is 1.54. The zero-order valence-electron chi connectivity index (χ0n) is 10.2. The van der Waals surface area contributed by atoms with E-state index in [9.17, 15) is 15.0 Å². The third-order valence-electron chi connectivity index (χ3n) is 2.67. The van der Waals surface area contributed by atoms with E-state index in [-0.39, 0.29) is 6.42 Å². The van der Waals surface area contributed by atoms with Crippen molar-refractivity contribution in [1.29, 1.82) is 0 Å². The molecule has 5 nitrogen and oxygen atoms in total. The van der Waals surface area contributed by atoms with Gasteiger partial charge in [-0.05, 0) is 24.1 Å². The van der Waals surface area contributed by atoms with Gasteiger partial charge < -0.3 is 20.7 Å². The number of nitrogen functional groups attached to an aromatic ring is 1. The zero-order chi connectivity index (χ0) is 13.9. The van der Waals surface area contributed by atoms with Crippen molar-refractivity contribution in [2.45, 2.75) is 25.6 Å². The van der Waals surface area contributed by atoms with Gasteiger partial charge in [0.1, 0.15) is 6.10 Å². The fraction of sp³-hybridized carbons (Fsp3) is 0.417. The molecule has 0 aliphatic carbocycles. The number of rotatable bonds is 4. The van der Waals surface area contributed by atoms with Crippen LogP contribution in [0.15, 0.2) is 12.1 Å². The summed E-state index contributed by atoms with van der Waals surface area (Å²) in [6, 6.07) is 3.08. The van der Waals surface area contributed by atoms with Crippen molar-refractivity contribution in [2.75, 3.05) is 12.8 Å². The van der Waals surface area contributed by atoms with E-state index >= 15 is 0 Å². The highest BCUT2D eigenvalue weighted by atomic mass is 35.5. The maximum atomic E-state index is 11.0. The number of benzene rings is 1. The highest BCUT2D eigenvalue weighted by molar-refractivity contribution is 6.33. The second kappa shape index (κ2) is 6.04. The van der Waals surface area contributed by atoms with Crippen molar-refractivity contribution in [1.82, 2.24) is 0 Å². The number of aryl methyl sites for hydroxylation is 1. The molecule has 0 amide bonds. The Labute approximate surface area is 110 Å². The van der Waals surface area contributed by atoms with Gasteiger partial charge >= 0.3 is 5.97 Å². The number of nitrogens with two attached hydrogens (primary N) is 1. The Morgan fingerprint density at radius 1 is 1.50 bits per heavy atom. The van der Waals surface area contributed by atoms with Gasteiger partial charge in [-0.1, -0.05) is 17.7 Å². The predicted molar refractivity (Wildman–Crippen MR) is 68.2 cm³/mol. The smallest absolute Gasteiger partial charge is 0.308 e. The average molecular weight is 274 g/mol. The first-order chi connectivity index (χ1) is 8.36. The quantitative estimate of drug-likeness (QED) is 0.566. The molecule has 0 radical (unpaired) electrons. The van der Waals surface area contributed by atoms with E-state index in [1.54, 1.807) is 13.0 Å². The van der Waals surface area contributed by atoms with Gasteiger partial charge in [-0.15, -0.1) is 0 Å². The molecule has 100 valence electrons. The van der Waals surface area contributed by atoms with Crippen molar-refractivity contribution in [2.24, 2.45) is 0 Å². The second-order valence-corrected chi connectivity index (χ2v) is 4.43. The van der Waals surface area contributed by atoms with Crippen LogP contribution in [0.2, 0.25) is 5.02 Å². The summed E-state index contributed by atoms with van der Waals surface area (Å²) in [7, 11) is 1.21. The minimum Gasteiger partial charge on any atom is -0.469 e. The summed E-state index contributed by atoms with van der Waals surface area (Å²) in [6.45, 7) is 1.74. The molecule has 0 saturated carbocycles. The second-order valence-electron chi connectivity index (χ2n) is 4.03. The highest BCUT2D eigenvalue weighted by Gasteiger charge is 2.22. The van der Waals surface area contributed by atoms with Crippen molar-refractivity contribution in [3.63, 3.8) is 0 Å². The largest absolute Gasteiger partial charge is 0.469 e. The summed E-state index contributed by atoms with van der Waals surface area (Å²) in [5.74, 6) is -0.597. The van der Waals surface area contributed by atoms with E-state index in [2.05, 4.69) is 4.74 Å². The molecule has 4 N–H and O–H groups in total. The number of methoxy groups -OCH3 is 1. The molecule has 0 aliphatic rings. The number of aliphatic hydroxyl groups excluding tert-OH is 2. The minimum atomic E-state index is -1.25. The van der Waals surface area contributed by atoms with E-state index in [0.29, 0.717) is 21.8 Å². The lowest BCUT2D eigenvalue weighted by Gasteiger charge is -2.18. The summed E-state index contributed by atoms with van der Waals surface area (Å²) < 4.78 is 4.42. The molecular formula is C12H16ClNO4. The van der Waals surface area contributed by atoms with Gasteiger partial charge in [0.2, 0.25) is 0 Å². The van der Waals surface area contributed by atoms with E-state index in [1.807, 2.05) is 0 Å². The summed E-state index contributed by atoms with van der Waals surface area (Å²) >= 11 is 5.89. The van der Waals surface area contributed by atoms with Crippen LogP contribution in [0.3, 0.4) is 0 Å². The number of esters is 1. The van der Waals surface area contributed by atoms with Gasteiger partial charge in [-0.2, -0.15) is 0 Å². The molecule has 0 saturated heterocycles. The third kappa shape index (κ3) is 3.35. The first kappa shape index (κ1) is 14.8. The summed E-state index contributed by atoms with van der Waals surface area (Å²) in [6.07, 6.45) is -2.77. The fourth-order valence-corrected chi connectivity index (χ4v) is 1.82. The van der Waals surface area contributed by atoms with E-state index in [0.717, 1.165) is 0 Å². The zero-order valence-corrected chi connectivity index (χ0v) is 10.9. The molecule has 0 aliphatic heterocycles. The number of carbonyl (C=O) groups is 1. The molecule has 0 bridgehead atoms. The van der Waals surface area contributed by atoms with Crippen molar-refractivity contribution < 1.29 is 19.7 Å². The maximum Gasteiger partial charge on any atom is 0.308 e. The minimum absolute atomic E-state index is 0.293. The summed E-state index contributed by atoms with van der Waals surface area (Å²) in [5, 5.41) is 19.9. The summed E-state index contributed by atoms with van der Waals surface area (Å²) in [5.41, 5.74) is 7.21. The lowest BCUT2D eigenvalue weighted by molar-refractivity contribution is -0.144. The van der Waals surface area contributed by atoms with Crippen molar-refractivity contribution in [3.8, 4) is 0 Å². The molecule has 1 rings (SSSR count). The molecule has 6 heteroatoms. The number of hydrogen-bond donors (Lipinski definition) is 3. The maximum absolute atomic E-state index is 11.0. The molecule has 18 heavy (non-hydrogen) atoms. The Bertz CT molecular complexity index is 427. The lowest BCUT2D eigenvalue weighted by Crippen LogP contribution is -2.22. The van der Waals surface area contributed by atoms with Crippen LogP contribution >= 0.6 is 11.6 Å². The normalized spacial score (nSPS) is 14.1. The van der Waals surface area contributed by atoms with Crippen LogP contribution in [0.5, 0.6) is 0 Å². The Kier molecular flexibility index (Phi) is 4.95. The number of hydrogen-bond acceptors (Lipinski definition) is 5. The van der Waals surface area contributed by atoms with Crippen molar-refractivity contribution in [3.05, 3.63) is 28.3 Å². The predicted octanol–water partition coefficient (Wildman–Crippen LogP) is 1.19. The molecule has 2 atom stereocenters. The van der Waals surface area contributed by atoms with Gasteiger partial charge in [0.05, 0.1) is 30.3 Å². The summed E-state index contributed by atoms with van der Waals surface area (Å²) in [4.78, 5) is 11.0. The number of aliphatic hydroxyl groups is 2. The number of anilines is 1. The van der Waals surface area contributed by atoms with Gasteiger partial charge in [0.15, 0.2) is 0 Å². The van der Waals surface area contributed by atoms with Crippen LogP contribution in [0.25, 0.3) is 0 Å². The van der Waals surface area contributed by atoms with E-state index in [1.165, 1.54) is 13.2 Å². The first-order valence-electron chi connectivity index (χ1n) is 5.35. The van der Waals surface area contributed by atoms with Crippen molar-refractivity contribution >= 4 is 23.3 Å². The highest BCUT2D eigenvalue weighted by Crippen LogP contribution is 2.29. The molecule has 1 aromatic carbocycles. The number of carbonyl (C=O) groups excluding carboxylic acids is 1. The standard InChI is InChI=1S/C12H16ClNO4/c1-6-3-7(4-8(13)11(6)14)12(17)9(15)5-10(16)18-2/h3-4,9,12,15,17H,5,14H2,1-2H3. The molecule has 0 aromatic heterocycles. The van der Waals surface area contributed by atoms with Crippen LogP contribution in [0, 0.1) is 6.92 Å².